The van der Waals surface area contributed by atoms with Crippen LogP contribution in [0.1, 0.15) is 29.7 Å². The predicted molar refractivity (Wildman–Crippen MR) is 127 cm³/mol. The maximum atomic E-state index is 13.3. The van der Waals surface area contributed by atoms with Gasteiger partial charge in [-0.15, -0.1) is 0 Å². The average Bonchev–Trinajstić information content (AvgIpc) is 3.14. The molecule has 8 nitrogen and oxygen atoms in total. The van der Waals surface area contributed by atoms with E-state index in [4.69, 9.17) is 14.2 Å². The highest BCUT2D eigenvalue weighted by molar-refractivity contribution is 6.46. The van der Waals surface area contributed by atoms with Crippen molar-refractivity contribution in [2.75, 3.05) is 19.8 Å². The van der Waals surface area contributed by atoms with Crippen molar-refractivity contribution >= 4 is 17.4 Å². The third-order valence-corrected chi connectivity index (χ3v) is 5.94. The van der Waals surface area contributed by atoms with Crippen LogP contribution >= 0.6 is 0 Å². The molecule has 2 aliphatic rings. The Balaban J connectivity index is 1.63. The van der Waals surface area contributed by atoms with Crippen molar-refractivity contribution in [2.45, 2.75) is 19.5 Å². The number of hydrogen-bond acceptors (Lipinski definition) is 7. The lowest BCUT2D eigenvalue weighted by atomic mass is 9.95. The predicted octanol–water partition coefficient (Wildman–Crippen LogP) is 3.87. The van der Waals surface area contributed by atoms with Crippen LogP contribution in [-0.2, 0) is 16.1 Å². The molecule has 0 bridgehead atoms. The summed E-state index contributed by atoms with van der Waals surface area (Å²) >= 11 is 0. The fourth-order valence-corrected chi connectivity index (χ4v) is 4.36. The van der Waals surface area contributed by atoms with Crippen molar-refractivity contribution in [1.29, 1.82) is 0 Å². The number of ketones is 1. The topological polar surface area (TPSA) is 98.2 Å². The maximum Gasteiger partial charge on any atom is 0.295 e. The average molecular weight is 472 g/mol. The number of amides is 1. The lowest BCUT2D eigenvalue weighted by Crippen LogP contribution is -2.29. The fourth-order valence-electron chi connectivity index (χ4n) is 4.36. The second kappa shape index (κ2) is 9.50. The number of pyridine rings is 1. The second-order valence-electron chi connectivity index (χ2n) is 8.15. The Morgan fingerprint density at radius 2 is 1.83 bits per heavy atom. The van der Waals surface area contributed by atoms with Crippen LogP contribution in [0.25, 0.3) is 5.76 Å². The Morgan fingerprint density at radius 3 is 2.60 bits per heavy atom. The highest BCUT2D eigenvalue weighted by Crippen LogP contribution is 2.42. The summed E-state index contributed by atoms with van der Waals surface area (Å²) in [6.45, 7) is 3.35. The van der Waals surface area contributed by atoms with Gasteiger partial charge in [-0.2, -0.15) is 0 Å². The highest BCUT2D eigenvalue weighted by atomic mass is 16.6. The Hall–Kier alpha value is -4.33. The number of rotatable bonds is 6. The molecule has 35 heavy (non-hydrogen) atoms. The van der Waals surface area contributed by atoms with Gasteiger partial charge in [0.2, 0.25) is 0 Å². The van der Waals surface area contributed by atoms with E-state index in [2.05, 4.69) is 4.98 Å². The van der Waals surface area contributed by atoms with Crippen LogP contribution in [0.5, 0.6) is 17.2 Å². The molecule has 3 aromatic rings. The number of aliphatic hydroxyl groups is 1. The summed E-state index contributed by atoms with van der Waals surface area (Å²) in [5, 5.41) is 11.3. The van der Waals surface area contributed by atoms with E-state index in [9.17, 15) is 14.7 Å². The molecular weight excluding hydrogens is 448 g/mol. The van der Waals surface area contributed by atoms with Gasteiger partial charge in [-0.1, -0.05) is 12.1 Å². The number of ether oxygens (including phenoxy) is 3. The normalized spacial score (nSPS) is 18.5. The molecule has 3 heterocycles. The molecular formula is C27H24N2O6. The zero-order chi connectivity index (χ0) is 24.4. The Kier molecular flexibility index (Phi) is 6.10. The van der Waals surface area contributed by atoms with E-state index in [0.717, 1.165) is 5.56 Å². The number of hydrogen-bond donors (Lipinski definition) is 1. The number of carbonyl (C=O) groups is 2. The van der Waals surface area contributed by atoms with E-state index >= 15 is 0 Å². The number of fused-ring (bicyclic) bond motifs is 1. The molecule has 0 unspecified atom stereocenters. The lowest BCUT2D eigenvalue weighted by Gasteiger charge is -2.26. The second-order valence-corrected chi connectivity index (χ2v) is 8.15. The molecule has 1 fully saturated rings. The van der Waals surface area contributed by atoms with Gasteiger partial charge in [0.15, 0.2) is 11.5 Å². The zero-order valence-corrected chi connectivity index (χ0v) is 19.1. The molecule has 1 N–H and O–H groups in total. The van der Waals surface area contributed by atoms with Gasteiger partial charge in [0.25, 0.3) is 11.7 Å². The highest BCUT2D eigenvalue weighted by Gasteiger charge is 2.46. The summed E-state index contributed by atoms with van der Waals surface area (Å²) < 4.78 is 16.8. The number of aliphatic hydroxyl groups excluding tert-OH is 1. The molecule has 178 valence electrons. The SMILES string of the molecule is CCOc1cccc([C@@H]2C(=C(O)c3ccc4c(c3)OCCO4)C(=O)C(=O)N2Cc2ccncc2)c1. The van der Waals surface area contributed by atoms with Crippen LogP contribution in [-0.4, -0.2) is 46.5 Å². The Labute approximate surface area is 202 Å². The minimum Gasteiger partial charge on any atom is -0.507 e. The van der Waals surface area contributed by atoms with Gasteiger partial charge in [-0.3, -0.25) is 14.6 Å². The molecule has 1 atom stereocenters. The zero-order valence-electron chi connectivity index (χ0n) is 19.1. The van der Waals surface area contributed by atoms with Crippen LogP contribution in [0.15, 0.2) is 72.6 Å². The molecule has 0 aliphatic carbocycles. The number of aromatic nitrogens is 1. The van der Waals surface area contributed by atoms with Crippen molar-refractivity contribution in [3.63, 3.8) is 0 Å². The van der Waals surface area contributed by atoms with Crippen molar-refractivity contribution < 1.29 is 28.9 Å². The molecule has 0 saturated carbocycles. The number of nitrogens with zero attached hydrogens (tertiary/aromatic N) is 2. The monoisotopic (exact) mass is 472 g/mol. The van der Waals surface area contributed by atoms with E-state index < -0.39 is 17.7 Å². The van der Waals surface area contributed by atoms with E-state index in [1.807, 2.05) is 19.1 Å². The van der Waals surface area contributed by atoms with E-state index in [1.165, 1.54) is 4.90 Å². The first-order chi connectivity index (χ1) is 17.1. The quantitative estimate of drug-likeness (QED) is 0.330. The van der Waals surface area contributed by atoms with Gasteiger partial charge in [0.1, 0.15) is 24.7 Å². The Morgan fingerprint density at radius 1 is 1.06 bits per heavy atom. The first-order valence-corrected chi connectivity index (χ1v) is 11.4. The molecule has 1 saturated heterocycles. The minimum absolute atomic E-state index is 0.00869. The summed E-state index contributed by atoms with van der Waals surface area (Å²) in [5.41, 5.74) is 1.84. The molecule has 8 heteroatoms. The summed E-state index contributed by atoms with van der Waals surface area (Å²) in [4.78, 5) is 32.0. The van der Waals surface area contributed by atoms with E-state index in [0.29, 0.717) is 48.2 Å². The first-order valence-electron chi connectivity index (χ1n) is 11.4. The van der Waals surface area contributed by atoms with Crippen LogP contribution < -0.4 is 14.2 Å². The van der Waals surface area contributed by atoms with Gasteiger partial charge < -0.3 is 24.2 Å². The molecule has 0 spiro atoms. The van der Waals surface area contributed by atoms with Crippen LogP contribution in [0.4, 0.5) is 0 Å². The third kappa shape index (κ3) is 4.30. The smallest absolute Gasteiger partial charge is 0.295 e. The number of Topliss-reactive ketones (excluding diaryl/α,β-unsaturated/α-hetero) is 1. The third-order valence-electron chi connectivity index (χ3n) is 5.94. The van der Waals surface area contributed by atoms with Crippen LogP contribution in [0.3, 0.4) is 0 Å². The van der Waals surface area contributed by atoms with Crippen molar-refractivity contribution in [3.05, 3.63) is 89.3 Å². The lowest BCUT2D eigenvalue weighted by molar-refractivity contribution is -0.140. The van der Waals surface area contributed by atoms with E-state index in [-0.39, 0.29) is 17.9 Å². The van der Waals surface area contributed by atoms with Crippen LogP contribution in [0, 0.1) is 0 Å². The standard InChI is InChI=1S/C27H24N2O6/c1-2-33-20-5-3-4-18(14-20)24-23(25(30)19-6-7-21-22(15-19)35-13-12-34-21)26(31)27(32)29(24)16-17-8-10-28-11-9-17/h3-11,14-15,24,30H,2,12-13,16H2,1H3/t24-/m1/s1. The van der Waals surface area contributed by atoms with Gasteiger partial charge in [0.05, 0.1) is 18.2 Å². The minimum atomic E-state index is -0.809. The molecule has 2 aromatic carbocycles. The number of carbonyl (C=O) groups excluding carboxylic acids is 2. The fraction of sp³-hybridized carbons (Fsp3) is 0.222. The summed E-state index contributed by atoms with van der Waals surface area (Å²) in [6, 6.07) is 14.9. The van der Waals surface area contributed by atoms with Gasteiger partial charge >= 0.3 is 0 Å². The van der Waals surface area contributed by atoms with Crippen molar-refractivity contribution in [1.82, 2.24) is 9.88 Å². The largest absolute Gasteiger partial charge is 0.507 e. The molecule has 0 radical (unpaired) electrons. The first kappa shape index (κ1) is 22.5. The maximum absolute atomic E-state index is 13.3. The molecule has 1 amide bonds. The molecule has 2 aliphatic heterocycles. The van der Waals surface area contributed by atoms with Crippen LogP contribution in [0.2, 0.25) is 0 Å². The number of likely N-dealkylation sites (tertiary alicyclic amines) is 1. The van der Waals surface area contributed by atoms with Gasteiger partial charge in [-0.05, 0) is 60.5 Å². The summed E-state index contributed by atoms with van der Waals surface area (Å²) in [5.74, 6) is -0.0673. The van der Waals surface area contributed by atoms with Crippen molar-refractivity contribution in [2.24, 2.45) is 0 Å². The van der Waals surface area contributed by atoms with E-state index in [1.54, 1.807) is 54.9 Å². The van der Waals surface area contributed by atoms with Gasteiger partial charge in [0, 0.05) is 24.5 Å². The van der Waals surface area contributed by atoms with Gasteiger partial charge in [-0.25, -0.2) is 0 Å². The number of benzene rings is 2. The summed E-state index contributed by atoms with van der Waals surface area (Å²) in [6.07, 6.45) is 3.26. The molecule has 5 rings (SSSR count). The van der Waals surface area contributed by atoms with Crippen molar-refractivity contribution in [3.8, 4) is 17.2 Å². The Bertz CT molecular complexity index is 1300. The molecule has 1 aromatic heterocycles. The summed E-state index contributed by atoms with van der Waals surface area (Å²) in [7, 11) is 0.